The van der Waals surface area contributed by atoms with Gasteiger partial charge in [0.05, 0.1) is 15.7 Å². The van der Waals surface area contributed by atoms with Crippen LogP contribution in [0.1, 0.15) is 32.6 Å². The molecule has 2 rings (SSSR count). The molecule has 3 unspecified atom stereocenters. The highest BCUT2D eigenvalue weighted by Crippen LogP contribution is 2.32. The van der Waals surface area contributed by atoms with Crippen molar-refractivity contribution in [2.24, 2.45) is 5.92 Å². The first-order valence-electron chi connectivity index (χ1n) is 6.03. The van der Waals surface area contributed by atoms with Crippen molar-refractivity contribution in [2.75, 3.05) is 5.73 Å². The molecule has 0 amide bonds. The monoisotopic (exact) mass is 271 g/mol. The molecule has 1 fully saturated rings. The Morgan fingerprint density at radius 3 is 2.82 bits per heavy atom. The van der Waals surface area contributed by atoms with E-state index in [2.05, 4.69) is 6.92 Å². The molecule has 1 aliphatic carbocycles. The van der Waals surface area contributed by atoms with Gasteiger partial charge in [0.15, 0.2) is 0 Å². The van der Waals surface area contributed by atoms with Crippen LogP contribution in [0.15, 0.2) is 23.1 Å². The Kier molecular flexibility index (Phi) is 4.10. The normalized spacial score (nSPS) is 26.7. The molecule has 3 atom stereocenters. The van der Waals surface area contributed by atoms with E-state index in [4.69, 9.17) is 17.3 Å². The third kappa shape index (κ3) is 3.02. The fourth-order valence-corrected chi connectivity index (χ4v) is 4.37. The first kappa shape index (κ1) is 12.9. The third-order valence-corrected chi connectivity index (χ3v) is 5.45. The number of anilines is 1. The van der Waals surface area contributed by atoms with Gasteiger partial charge in [0.1, 0.15) is 0 Å². The van der Waals surface area contributed by atoms with Gasteiger partial charge < -0.3 is 5.73 Å². The van der Waals surface area contributed by atoms with Gasteiger partial charge in [-0.05, 0) is 37.0 Å². The zero-order valence-corrected chi connectivity index (χ0v) is 11.6. The number of nitrogens with two attached hydrogens (primary N) is 1. The summed E-state index contributed by atoms with van der Waals surface area (Å²) in [5.41, 5.74) is 6.44. The molecule has 1 aromatic carbocycles. The second-order valence-corrected chi connectivity index (χ2v) is 7.01. The van der Waals surface area contributed by atoms with Gasteiger partial charge >= 0.3 is 0 Å². The molecule has 0 spiro atoms. The largest absolute Gasteiger partial charge is 0.398 e. The quantitative estimate of drug-likeness (QED) is 0.835. The van der Waals surface area contributed by atoms with E-state index in [0.717, 1.165) is 17.7 Å². The average molecular weight is 272 g/mol. The SMILES string of the molecule is CC1CCCC(S(=O)c2ccc(Cl)cc2N)C1. The van der Waals surface area contributed by atoms with Crippen molar-refractivity contribution in [1.82, 2.24) is 0 Å². The summed E-state index contributed by atoms with van der Waals surface area (Å²) >= 11 is 5.85. The second kappa shape index (κ2) is 5.40. The Labute approximate surface area is 110 Å². The summed E-state index contributed by atoms with van der Waals surface area (Å²) in [5.74, 6) is 0.672. The van der Waals surface area contributed by atoms with Crippen LogP contribution >= 0.6 is 11.6 Å². The fourth-order valence-electron chi connectivity index (χ4n) is 2.45. The molecular weight excluding hydrogens is 254 g/mol. The first-order valence-corrected chi connectivity index (χ1v) is 7.62. The van der Waals surface area contributed by atoms with E-state index in [9.17, 15) is 4.21 Å². The van der Waals surface area contributed by atoms with Crippen molar-refractivity contribution in [2.45, 2.75) is 42.8 Å². The standard InChI is InChI=1S/C13H18ClNOS/c1-9-3-2-4-11(7-9)17(16)13-6-5-10(14)8-12(13)15/h5-6,8-9,11H,2-4,7,15H2,1H3. The van der Waals surface area contributed by atoms with Crippen molar-refractivity contribution in [3.05, 3.63) is 23.2 Å². The molecule has 2 nitrogen and oxygen atoms in total. The van der Waals surface area contributed by atoms with Crippen LogP contribution in [0.2, 0.25) is 5.02 Å². The van der Waals surface area contributed by atoms with Crippen molar-refractivity contribution >= 4 is 28.1 Å². The van der Waals surface area contributed by atoms with Gasteiger partial charge in [-0.25, -0.2) is 0 Å². The molecule has 94 valence electrons. The predicted octanol–water partition coefficient (Wildman–Crippen LogP) is 3.61. The van der Waals surface area contributed by atoms with Gasteiger partial charge in [-0.15, -0.1) is 0 Å². The van der Waals surface area contributed by atoms with E-state index in [1.807, 2.05) is 0 Å². The third-order valence-electron chi connectivity index (χ3n) is 3.38. The molecule has 1 aliphatic rings. The smallest absolute Gasteiger partial charge is 0.0621 e. The minimum Gasteiger partial charge on any atom is -0.398 e. The molecule has 0 aliphatic heterocycles. The average Bonchev–Trinajstić information content (AvgIpc) is 2.28. The van der Waals surface area contributed by atoms with Crippen LogP contribution in [0.5, 0.6) is 0 Å². The number of halogens is 1. The van der Waals surface area contributed by atoms with Gasteiger partial charge in [-0.1, -0.05) is 31.4 Å². The maximum atomic E-state index is 12.5. The molecule has 2 N–H and O–H groups in total. The van der Waals surface area contributed by atoms with Crippen molar-refractivity contribution in [3.63, 3.8) is 0 Å². The molecule has 0 radical (unpaired) electrons. The summed E-state index contributed by atoms with van der Waals surface area (Å²) in [5, 5.41) is 0.850. The van der Waals surface area contributed by atoms with Crippen LogP contribution < -0.4 is 5.73 Å². The van der Waals surface area contributed by atoms with Gasteiger partial charge in [0.25, 0.3) is 0 Å². The van der Waals surface area contributed by atoms with Crippen LogP contribution in [0.25, 0.3) is 0 Å². The van der Waals surface area contributed by atoms with Crippen molar-refractivity contribution < 1.29 is 4.21 Å². The highest BCUT2D eigenvalue weighted by Gasteiger charge is 2.25. The summed E-state index contributed by atoms with van der Waals surface area (Å²) < 4.78 is 12.5. The minimum absolute atomic E-state index is 0.252. The van der Waals surface area contributed by atoms with Gasteiger partial charge in [-0.3, -0.25) is 4.21 Å². The lowest BCUT2D eigenvalue weighted by Gasteiger charge is -2.26. The van der Waals surface area contributed by atoms with E-state index in [1.54, 1.807) is 18.2 Å². The predicted molar refractivity (Wildman–Crippen MR) is 73.7 cm³/mol. The summed E-state index contributed by atoms with van der Waals surface area (Å²) in [6, 6.07) is 5.24. The molecule has 1 aromatic rings. The van der Waals surface area contributed by atoms with E-state index < -0.39 is 10.8 Å². The van der Waals surface area contributed by atoms with E-state index >= 15 is 0 Å². The van der Waals surface area contributed by atoms with Crippen LogP contribution in [-0.4, -0.2) is 9.46 Å². The summed E-state index contributed by atoms with van der Waals surface area (Å²) in [4.78, 5) is 0.744. The lowest BCUT2D eigenvalue weighted by atomic mass is 9.91. The van der Waals surface area contributed by atoms with Crippen LogP contribution in [-0.2, 0) is 10.8 Å². The summed E-state index contributed by atoms with van der Waals surface area (Å²) in [6.07, 6.45) is 4.50. The fraction of sp³-hybridized carbons (Fsp3) is 0.538. The Bertz CT molecular complexity index is 435. The highest BCUT2D eigenvalue weighted by molar-refractivity contribution is 7.85. The van der Waals surface area contributed by atoms with E-state index in [1.165, 1.54) is 12.8 Å². The lowest BCUT2D eigenvalue weighted by Crippen LogP contribution is -2.23. The molecule has 1 saturated carbocycles. The van der Waals surface area contributed by atoms with Crippen molar-refractivity contribution in [1.29, 1.82) is 0 Å². The highest BCUT2D eigenvalue weighted by atomic mass is 35.5. The number of rotatable bonds is 2. The molecule has 0 bridgehead atoms. The zero-order chi connectivity index (χ0) is 12.4. The Morgan fingerprint density at radius 2 is 2.18 bits per heavy atom. The molecule has 0 saturated heterocycles. The Hall–Kier alpha value is -0.540. The molecule has 17 heavy (non-hydrogen) atoms. The van der Waals surface area contributed by atoms with E-state index in [0.29, 0.717) is 16.6 Å². The molecule has 4 heteroatoms. The first-order chi connectivity index (χ1) is 8.08. The maximum absolute atomic E-state index is 12.5. The molecular formula is C13H18ClNOS. The van der Waals surface area contributed by atoms with Gasteiger partial charge in [-0.2, -0.15) is 0 Å². The number of hydrogen-bond acceptors (Lipinski definition) is 2. The molecule has 0 heterocycles. The number of benzene rings is 1. The minimum atomic E-state index is -0.994. The Morgan fingerprint density at radius 1 is 1.41 bits per heavy atom. The van der Waals surface area contributed by atoms with Crippen LogP contribution in [0, 0.1) is 5.92 Å². The van der Waals surface area contributed by atoms with Crippen molar-refractivity contribution in [3.8, 4) is 0 Å². The van der Waals surface area contributed by atoms with E-state index in [-0.39, 0.29) is 5.25 Å². The Balaban J connectivity index is 2.18. The van der Waals surface area contributed by atoms with Gasteiger partial charge in [0.2, 0.25) is 0 Å². The number of hydrogen-bond donors (Lipinski definition) is 1. The second-order valence-electron chi connectivity index (χ2n) is 4.87. The number of nitrogen functional groups attached to an aromatic ring is 1. The maximum Gasteiger partial charge on any atom is 0.0621 e. The zero-order valence-electron chi connectivity index (χ0n) is 9.99. The summed E-state index contributed by atoms with van der Waals surface area (Å²) in [7, 11) is -0.994. The lowest BCUT2D eigenvalue weighted by molar-refractivity contribution is 0.389. The van der Waals surface area contributed by atoms with Crippen LogP contribution in [0.4, 0.5) is 5.69 Å². The van der Waals surface area contributed by atoms with Gasteiger partial charge in [0, 0.05) is 16.0 Å². The summed E-state index contributed by atoms with van der Waals surface area (Å²) in [6.45, 7) is 2.23. The molecule has 0 aromatic heterocycles. The van der Waals surface area contributed by atoms with Crippen LogP contribution in [0.3, 0.4) is 0 Å². The topological polar surface area (TPSA) is 43.1 Å².